The van der Waals surface area contributed by atoms with Gasteiger partial charge < -0.3 is 10.3 Å². The lowest BCUT2D eigenvalue weighted by Crippen LogP contribution is -2.21. The van der Waals surface area contributed by atoms with Crippen LogP contribution >= 0.6 is 0 Å². The normalized spacial score (nSPS) is 12.8. The van der Waals surface area contributed by atoms with Crippen LogP contribution in [-0.2, 0) is 27.9 Å². The first kappa shape index (κ1) is 30.2. The quantitative estimate of drug-likeness (QED) is 0.186. The molecule has 1 aliphatic heterocycles. The molecule has 0 aliphatic carbocycles. The molecule has 3 aromatic heterocycles. The van der Waals surface area contributed by atoms with E-state index in [4.69, 9.17) is 4.98 Å². The van der Waals surface area contributed by atoms with E-state index >= 15 is 4.39 Å². The molecule has 2 aromatic carbocycles. The minimum Gasteiger partial charge on any atom is -0.337 e. The van der Waals surface area contributed by atoms with Crippen molar-refractivity contribution in [3.05, 3.63) is 95.2 Å². The summed E-state index contributed by atoms with van der Waals surface area (Å²) >= 11 is 0. The summed E-state index contributed by atoms with van der Waals surface area (Å²) in [5.41, 5.74) is 4.79. The SMILES string of the molecule is CCCCC(=O)Nc1cncc(-c2ccc3c(c2F)C(c2nc4c(-c5cc(F)cc(CNS(C)(=O)=O)c5)nccc4[nH]2)=NC3)c1. The molecule has 13 heteroatoms. The first-order chi connectivity index (χ1) is 21.6. The number of halogens is 2. The average Bonchev–Trinajstić information content (AvgIpc) is 3.63. The van der Waals surface area contributed by atoms with Gasteiger partial charge in [-0.3, -0.25) is 19.8 Å². The maximum absolute atomic E-state index is 16.3. The Bertz CT molecular complexity index is 2090. The number of sulfonamides is 1. The predicted molar refractivity (Wildman–Crippen MR) is 168 cm³/mol. The van der Waals surface area contributed by atoms with Crippen LogP contribution in [0.1, 0.15) is 48.7 Å². The number of imidazole rings is 1. The zero-order valence-electron chi connectivity index (χ0n) is 24.5. The Morgan fingerprint density at radius 1 is 1.07 bits per heavy atom. The smallest absolute Gasteiger partial charge is 0.224 e. The second-order valence-electron chi connectivity index (χ2n) is 10.8. The number of benzene rings is 2. The van der Waals surface area contributed by atoms with Gasteiger partial charge in [0.2, 0.25) is 15.9 Å². The van der Waals surface area contributed by atoms with Crippen molar-refractivity contribution < 1.29 is 22.0 Å². The summed E-state index contributed by atoms with van der Waals surface area (Å²) in [6.07, 6.45) is 7.69. The van der Waals surface area contributed by atoms with Crippen LogP contribution in [0.15, 0.2) is 66.0 Å². The van der Waals surface area contributed by atoms with Gasteiger partial charge >= 0.3 is 0 Å². The van der Waals surface area contributed by atoms with Crippen molar-refractivity contribution in [3.8, 4) is 22.4 Å². The van der Waals surface area contributed by atoms with E-state index in [1.165, 1.54) is 24.5 Å². The number of aromatic nitrogens is 4. The van der Waals surface area contributed by atoms with Gasteiger partial charge in [0.15, 0.2) is 5.82 Å². The molecule has 3 N–H and O–H groups in total. The van der Waals surface area contributed by atoms with Crippen LogP contribution in [0.3, 0.4) is 0 Å². The van der Waals surface area contributed by atoms with E-state index < -0.39 is 21.7 Å². The molecule has 0 saturated carbocycles. The number of fused-ring (bicyclic) bond motifs is 2. The van der Waals surface area contributed by atoms with E-state index in [1.807, 2.05) is 13.0 Å². The van der Waals surface area contributed by atoms with E-state index in [9.17, 15) is 17.6 Å². The lowest BCUT2D eigenvalue weighted by atomic mass is 9.97. The molecule has 6 rings (SSSR count). The number of aromatic amines is 1. The summed E-state index contributed by atoms with van der Waals surface area (Å²) in [6, 6.07) is 11.1. The number of rotatable bonds is 10. The molecule has 5 aromatic rings. The third kappa shape index (κ3) is 6.49. The Hall–Kier alpha value is -4.88. The number of unbranched alkanes of at least 4 members (excludes halogenated alkanes) is 1. The maximum atomic E-state index is 16.3. The molecule has 1 amide bonds. The van der Waals surface area contributed by atoms with Gasteiger partial charge in [0.25, 0.3) is 0 Å². The van der Waals surface area contributed by atoms with E-state index in [-0.39, 0.29) is 19.0 Å². The summed E-state index contributed by atoms with van der Waals surface area (Å²) < 4.78 is 56.3. The zero-order valence-corrected chi connectivity index (χ0v) is 25.3. The number of anilines is 1. The van der Waals surface area contributed by atoms with Gasteiger partial charge in [-0.25, -0.2) is 26.9 Å². The molecule has 1 aliphatic rings. The van der Waals surface area contributed by atoms with Gasteiger partial charge in [0, 0.05) is 47.6 Å². The Labute approximate surface area is 258 Å². The number of nitrogens with zero attached hydrogens (tertiary/aromatic N) is 4. The van der Waals surface area contributed by atoms with Crippen molar-refractivity contribution >= 4 is 38.4 Å². The summed E-state index contributed by atoms with van der Waals surface area (Å²) in [4.78, 5) is 33.4. The maximum Gasteiger partial charge on any atom is 0.224 e. The minimum absolute atomic E-state index is 0.0930. The minimum atomic E-state index is -3.48. The number of hydrogen-bond acceptors (Lipinski definition) is 7. The van der Waals surface area contributed by atoms with Crippen LogP contribution in [0.4, 0.5) is 14.5 Å². The van der Waals surface area contributed by atoms with Crippen molar-refractivity contribution in [1.82, 2.24) is 24.7 Å². The molecule has 45 heavy (non-hydrogen) atoms. The van der Waals surface area contributed by atoms with Crippen LogP contribution in [0.5, 0.6) is 0 Å². The van der Waals surface area contributed by atoms with Crippen molar-refractivity contribution in [3.63, 3.8) is 0 Å². The van der Waals surface area contributed by atoms with Crippen LogP contribution in [-0.4, -0.2) is 46.2 Å². The van der Waals surface area contributed by atoms with Gasteiger partial charge in [-0.05, 0) is 47.9 Å². The van der Waals surface area contributed by atoms with Crippen LogP contribution in [0.25, 0.3) is 33.4 Å². The molecule has 0 saturated heterocycles. The van der Waals surface area contributed by atoms with E-state index in [2.05, 4.69) is 30.0 Å². The summed E-state index contributed by atoms with van der Waals surface area (Å²) in [5, 5.41) is 2.83. The van der Waals surface area contributed by atoms with Crippen molar-refractivity contribution in [2.24, 2.45) is 4.99 Å². The topological polar surface area (TPSA) is 142 Å². The molecular formula is C32H29F2N7O3S. The van der Waals surface area contributed by atoms with Crippen LogP contribution in [0.2, 0.25) is 0 Å². The number of hydrogen-bond donors (Lipinski definition) is 3. The fourth-order valence-electron chi connectivity index (χ4n) is 5.24. The van der Waals surface area contributed by atoms with Gasteiger partial charge in [0.1, 0.15) is 22.9 Å². The molecule has 0 fully saturated rings. The first-order valence-corrected chi connectivity index (χ1v) is 16.2. The zero-order chi connectivity index (χ0) is 31.7. The highest BCUT2D eigenvalue weighted by Crippen LogP contribution is 2.34. The van der Waals surface area contributed by atoms with Crippen molar-refractivity contribution in [2.75, 3.05) is 11.6 Å². The highest BCUT2D eigenvalue weighted by atomic mass is 32.2. The van der Waals surface area contributed by atoms with Crippen molar-refractivity contribution in [2.45, 2.75) is 39.3 Å². The predicted octanol–water partition coefficient (Wildman–Crippen LogP) is 5.49. The van der Waals surface area contributed by atoms with Gasteiger partial charge in [0.05, 0.1) is 35.9 Å². The highest BCUT2D eigenvalue weighted by molar-refractivity contribution is 7.88. The molecule has 10 nitrogen and oxygen atoms in total. The lowest BCUT2D eigenvalue weighted by Gasteiger charge is -2.11. The summed E-state index contributed by atoms with van der Waals surface area (Å²) in [5.74, 6) is -0.861. The van der Waals surface area contributed by atoms with Crippen molar-refractivity contribution in [1.29, 1.82) is 0 Å². The molecular weight excluding hydrogens is 600 g/mol. The Balaban J connectivity index is 1.34. The average molecular weight is 630 g/mol. The fraction of sp³-hybridized carbons (Fsp3) is 0.219. The Morgan fingerprint density at radius 3 is 2.71 bits per heavy atom. The summed E-state index contributed by atoms with van der Waals surface area (Å²) in [7, 11) is -3.48. The molecule has 4 heterocycles. The van der Waals surface area contributed by atoms with E-state index in [0.29, 0.717) is 73.8 Å². The number of aliphatic imine (C=N–C) groups is 1. The number of amides is 1. The number of carbonyl (C=O) groups excluding carboxylic acids is 1. The molecule has 0 bridgehead atoms. The lowest BCUT2D eigenvalue weighted by molar-refractivity contribution is -0.116. The second-order valence-corrected chi connectivity index (χ2v) is 12.7. The third-order valence-corrected chi connectivity index (χ3v) is 8.03. The summed E-state index contributed by atoms with van der Waals surface area (Å²) in [6.45, 7) is 2.18. The monoisotopic (exact) mass is 629 g/mol. The van der Waals surface area contributed by atoms with Gasteiger partial charge in [-0.15, -0.1) is 0 Å². The van der Waals surface area contributed by atoms with Crippen LogP contribution in [0, 0.1) is 11.6 Å². The molecule has 0 spiro atoms. The number of pyridine rings is 2. The van der Waals surface area contributed by atoms with Crippen LogP contribution < -0.4 is 10.0 Å². The third-order valence-electron chi connectivity index (χ3n) is 7.36. The van der Waals surface area contributed by atoms with E-state index in [1.54, 1.807) is 30.5 Å². The van der Waals surface area contributed by atoms with Gasteiger partial charge in [-0.2, -0.15) is 0 Å². The number of H-pyrrole nitrogens is 1. The number of carbonyl (C=O) groups is 1. The largest absolute Gasteiger partial charge is 0.337 e. The standard InChI is InChI=1S/C32H29F2N7O3S/c1-3-4-5-26(42)39-23-13-21(15-35-17-23)24-7-6-19-16-37-31(27(19)28(24)34)32-40-25-8-9-36-29(30(25)41-32)20-10-18(11-22(33)12-20)14-38-45(2,43)44/h6-13,15,17,38H,3-5,14,16H2,1-2H3,(H,39,42)(H,40,41). The first-order valence-electron chi connectivity index (χ1n) is 14.3. The molecule has 0 atom stereocenters. The number of nitrogens with one attached hydrogen (secondary N) is 3. The highest BCUT2D eigenvalue weighted by Gasteiger charge is 2.27. The Morgan fingerprint density at radius 2 is 1.91 bits per heavy atom. The molecule has 0 radical (unpaired) electrons. The van der Waals surface area contributed by atoms with Gasteiger partial charge in [-0.1, -0.05) is 25.5 Å². The molecule has 0 unspecified atom stereocenters. The fourth-order valence-corrected chi connectivity index (χ4v) is 5.67. The second kappa shape index (κ2) is 12.3. The molecule has 230 valence electrons. The Kier molecular flexibility index (Phi) is 8.21. The van der Waals surface area contributed by atoms with E-state index in [0.717, 1.165) is 19.1 Å².